The predicted octanol–water partition coefficient (Wildman–Crippen LogP) is 4.80. The van der Waals surface area contributed by atoms with Gasteiger partial charge in [-0.05, 0) is 66.7 Å². The maximum atomic E-state index is 12.5. The third-order valence-electron chi connectivity index (χ3n) is 4.90. The van der Waals surface area contributed by atoms with Gasteiger partial charge in [0.15, 0.2) is 6.61 Å². The number of rotatable bonds is 7. The number of hydrogen-bond donors (Lipinski definition) is 2. The monoisotopic (exact) mass is 467 g/mol. The molecule has 0 saturated heterocycles. The van der Waals surface area contributed by atoms with Crippen molar-refractivity contribution in [3.05, 3.63) is 71.8 Å². The Morgan fingerprint density at radius 1 is 1.00 bits per heavy atom. The number of nitrogens with zero attached hydrogens (tertiary/aromatic N) is 1. The summed E-state index contributed by atoms with van der Waals surface area (Å²) >= 11 is 5.87. The van der Waals surface area contributed by atoms with Crippen molar-refractivity contribution in [3.8, 4) is 17.2 Å². The average molecular weight is 468 g/mol. The van der Waals surface area contributed by atoms with Gasteiger partial charge in [0.05, 0.1) is 19.3 Å². The minimum atomic E-state index is -0.422. The van der Waals surface area contributed by atoms with Crippen LogP contribution >= 0.6 is 11.6 Å². The molecule has 8 nitrogen and oxygen atoms in total. The average Bonchev–Trinajstić information content (AvgIpc) is 2.82. The van der Waals surface area contributed by atoms with Crippen LogP contribution in [0.2, 0.25) is 5.02 Å². The van der Waals surface area contributed by atoms with Gasteiger partial charge in [-0.2, -0.15) is 0 Å². The van der Waals surface area contributed by atoms with Gasteiger partial charge in [-0.1, -0.05) is 11.6 Å². The van der Waals surface area contributed by atoms with E-state index in [0.717, 1.165) is 5.75 Å². The van der Waals surface area contributed by atoms with E-state index >= 15 is 0 Å². The summed E-state index contributed by atoms with van der Waals surface area (Å²) in [5.74, 6) is 1.78. The van der Waals surface area contributed by atoms with Gasteiger partial charge in [-0.15, -0.1) is 0 Å². The molecule has 0 bridgehead atoms. The number of fused-ring (bicyclic) bond motifs is 1. The topological polar surface area (TPSA) is 89.1 Å². The molecule has 3 amide bonds. The van der Waals surface area contributed by atoms with E-state index in [9.17, 15) is 9.59 Å². The Hall–Kier alpha value is -3.91. The van der Waals surface area contributed by atoms with Gasteiger partial charge in [-0.25, -0.2) is 4.79 Å². The number of nitrogens with one attached hydrogen (secondary N) is 2. The lowest BCUT2D eigenvalue weighted by Gasteiger charge is -2.29. The fraction of sp³-hybridized carbons (Fsp3) is 0.167. The molecule has 0 aliphatic carbocycles. The molecule has 1 aliphatic heterocycles. The molecule has 2 N–H and O–H groups in total. The largest absolute Gasteiger partial charge is 0.497 e. The van der Waals surface area contributed by atoms with E-state index in [1.54, 1.807) is 78.7 Å². The zero-order valence-corrected chi connectivity index (χ0v) is 18.6. The minimum Gasteiger partial charge on any atom is -0.497 e. The molecular formula is C24H22ClN3O5. The molecule has 170 valence electrons. The number of benzene rings is 3. The number of methoxy groups -OCH3 is 1. The molecule has 0 spiro atoms. The van der Waals surface area contributed by atoms with E-state index in [4.69, 9.17) is 25.8 Å². The Morgan fingerprint density at radius 2 is 1.67 bits per heavy atom. The SMILES string of the molecule is COc1ccc(OCCN2C(=O)COc3ccc(NC(=O)Nc4ccc(Cl)cc4)cc32)cc1. The van der Waals surface area contributed by atoms with E-state index < -0.39 is 6.03 Å². The van der Waals surface area contributed by atoms with Crippen molar-refractivity contribution in [1.82, 2.24) is 0 Å². The number of carbonyl (C=O) groups excluding carboxylic acids is 2. The first-order chi connectivity index (χ1) is 16.0. The Bertz CT molecular complexity index is 1140. The maximum Gasteiger partial charge on any atom is 0.323 e. The first kappa shape index (κ1) is 22.3. The van der Waals surface area contributed by atoms with Gasteiger partial charge < -0.3 is 29.7 Å². The highest BCUT2D eigenvalue weighted by Crippen LogP contribution is 2.34. The van der Waals surface area contributed by atoms with Crippen LogP contribution in [0.1, 0.15) is 0 Å². The number of halogens is 1. The second-order valence-electron chi connectivity index (χ2n) is 7.13. The van der Waals surface area contributed by atoms with Crippen LogP contribution in [0.15, 0.2) is 66.7 Å². The maximum absolute atomic E-state index is 12.5. The summed E-state index contributed by atoms with van der Waals surface area (Å²) in [6.45, 7) is 0.549. The summed E-state index contributed by atoms with van der Waals surface area (Å²) in [6.07, 6.45) is 0. The molecule has 0 atom stereocenters. The molecule has 33 heavy (non-hydrogen) atoms. The van der Waals surface area contributed by atoms with Crippen LogP contribution in [0.4, 0.5) is 21.9 Å². The fourth-order valence-corrected chi connectivity index (χ4v) is 3.40. The van der Waals surface area contributed by atoms with Crippen molar-refractivity contribution < 1.29 is 23.8 Å². The number of amides is 3. The fourth-order valence-electron chi connectivity index (χ4n) is 3.28. The summed E-state index contributed by atoms with van der Waals surface area (Å²) < 4.78 is 16.4. The Kier molecular flexibility index (Phi) is 6.85. The lowest BCUT2D eigenvalue weighted by Crippen LogP contribution is -2.41. The first-order valence-electron chi connectivity index (χ1n) is 10.2. The van der Waals surface area contributed by atoms with Gasteiger partial charge in [0, 0.05) is 16.4 Å². The first-order valence-corrected chi connectivity index (χ1v) is 10.6. The molecule has 3 aromatic rings. The normalized spacial score (nSPS) is 12.4. The molecule has 0 saturated carbocycles. The van der Waals surface area contributed by atoms with E-state index in [2.05, 4.69) is 10.6 Å². The van der Waals surface area contributed by atoms with Crippen LogP contribution in [0.25, 0.3) is 0 Å². The Labute approximate surface area is 196 Å². The minimum absolute atomic E-state index is 0.0562. The lowest BCUT2D eigenvalue weighted by atomic mass is 10.2. The van der Waals surface area contributed by atoms with Crippen molar-refractivity contribution in [2.24, 2.45) is 0 Å². The summed E-state index contributed by atoms with van der Waals surface area (Å²) in [5, 5.41) is 6.07. The van der Waals surface area contributed by atoms with Crippen LogP contribution < -0.4 is 29.7 Å². The van der Waals surface area contributed by atoms with E-state index in [1.807, 2.05) is 0 Å². The number of urea groups is 1. The van der Waals surface area contributed by atoms with Crippen LogP contribution in [-0.4, -0.2) is 38.8 Å². The van der Waals surface area contributed by atoms with Gasteiger partial charge in [0.25, 0.3) is 5.91 Å². The second-order valence-corrected chi connectivity index (χ2v) is 7.56. The number of carbonyl (C=O) groups is 2. The van der Waals surface area contributed by atoms with Crippen molar-refractivity contribution in [2.75, 3.05) is 42.4 Å². The standard InChI is InChI=1S/C24H22ClN3O5/c1-31-19-7-9-20(10-8-19)32-13-12-28-21-14-18(6-11-22(21)33-15-23(28)29)27-24(30)26-17-4-2-16(25)3-5-17/h2-11,14H,12-13,15H2,1H3,(H2,26,27,30). The molecule has 0 fully saturated rings. The molecule has 0 radical (unpaired) electrons. The summed E-state index contributed by atoms with van der Waals surface area (Å²) in [4.78, 5) is 26.5. The van der Waals surface area contributed by atoms with Gasteiger partial charge in [-0.3, -0.25) is 4.79 Å². The van der Waals surface area contributed by atoms with Crippen LogP contribution in [0.3, 0.4) is 0 Å². The highest BCUT2D eigenvalue weighted by molar-refractivity contribution is 6.30. The van der Waals surface area contributed by atoms with E-state index in [-0.39, 0.29) is 19.1 Å². The second kappa shape index (κ2) is 10.1. The molecule has 3 aromatic carbocycles. The van der Waals surface area contributed by atoms with Crippen LogP contribution in [0, 0.1) is 0 Å². The molecule has 4 rings (SSSR count). The molecular weight excluding hydrogens is 446 g/mol. The number of anilines is 3. The Balaban J connectivity index is 1.40. The molecule has 1 heterocycles. The summed E-state index contributed by atoms with van der Waals surface area (Å²) in [6, 6.07) is 18.7. The zero-order valence-electron chi connectivity index (χ0n) is 17.8. The summed E-state index contributed by atoms with van der Waals surface area (Å²) in [7, 11) is 1.60. The highest BCUT2D eigenvalue weighted by Gasteiger charge is 2.26. The summed E-state index contributed by atoms with van der Waals surface area (Å²) in [5.41, 5.74) is 1.68. The van der Waals surface area contributed by atoms with Crippen molar-refractivity contribution >= 4 is 40.6 Å². The van der Waals surface area contributed by atoms with Crippen molar-refractivity contribution in [1.29, 1.82) is 0 Å². The smallest absolute Gasteiger partial charge is 0.323 e. The number of ether oxygens (including phenoxy) is 3. The van der Waals surface area contributed by atoms with E-state index in [0.29, 0.717) is 40.1 Å². The lowest BCUT2D eigenvalue weighted by molar-refractivity contribution is -0.121. The van der Waals surface area contributed by atoms with Crippen LogP contribution in [0.5, 0.6) is 17.2 Å². The van der Waals surface area contributed by atoms with Gasteiger partial charge in [0.1, 0.15) is 23.9 Å². The third kappa shape index (κ3) is 5.67. The van der Waals surface area contributed by atoms with E-state index in [1.165, 1.54) is 0 Å². The third-order valence-corrected chi connectivity index (χ3v) is 5.16. The van der Waals surface area contributed by atoms with Gasteiger partial charge >= 0.3 is 6.03 Å². The highest BCUT2D eigenvalue weighted by atomic mass is 35.5. The predicted molar refractivity (Wildman–Crippen MR) is 127 cm³/mol. The van der Waals surface area contributed by atoms with Crippen LogP contribution in [-0.2, 0) is 4.79 Å². The number of hydrogen-bond acceptors (Lipinski definition) is 5. The Morgan fingerprint density at radius 3 is 2.39 bits per heavy atom. The van der Waals surface area contributed by atoms with Crippen molar-refractivity contribution in [3.63, 3.8) is 0 Å². The van der Waals surface area contributed by atoms with Crippen molar-refractivity contribution in [2.45, 2.75) is 0 Å². The zero-order chi connectivity index (χ0) is 23.2. The molecule has 9 heteroatoms. The molecule has 0 aromatic heterocycles. The molecule has 1 aliphatic rings. The van der Waals surface area contributed by atoms with Gasteiger partial charge in [0.2, 0.25) is 0 Å². The quantitative estimate of drug-likeness (QED) is 0.521. The molecule has 0 unspecified atom stereocenters.